The van der Waals surface area contributed by atoms with E-state index in [1.807, 2.05) is 0 Å². The summed E-state index contributed by atoms with van der Waals surface area (Å²) in [7, 11) is 0. The molecule has 1 saturated heterocycles. The van der Waals surface area contributed by atoms with Crippen molar-refractivity contribution in [2.45, 2.75) is 52.9 Å². The van der Waals surface area contributed by atoms with Crippen LogP contribution in [0.4, 0.5) is 0 Å². The van der Waals surface area contributed by atoms with Gasteiger partial charge in [-0.1, -0.05) is 20.8 Å². The van der Waals surface area contributed by atoms with Crippen molar-refractivity contribution in [2.75, 3.05) is 19.7 Å². The van der Waals surface area contributed by atoms with Crippen LogP contribution in [0, 0.1) is 5.41 Å². The Balaban J connectivity index is 2.36. The lowest BCUT2D eigenvalue weighted by molar-refractivity contribution is -0.118. The Morgan fingerprint density at radius 3 is 2.53 bits per heavy atom. The predicted molar refractivity (Wildman–Crippen MR) is 62.1 cm³/mol. The zero-order valence-electron chi connectivity index (χ0n) is 10.7. The summed E-state index contributed by atoms with van der Waals surface area (Å²) in [4.78, 5) is 0. The maximum absolute atomic E-state index is 6.01. The second-order valence-electron chi connectivity index (χ2n) is 5.65. The average molecular weight is 215 g/mol. The molecule has 0 amide bonds. The van der Waals surface area contributed by atoms with Crippen LogP contribution in [0.15, 0.2) is 0 Å². The molecule has 3 nitrogen and oxygen atoms in total. The van der Waals surface area contributed by atoms with Gasteiger partial charge in [-0.3, -0.25) is 0 Å². The predicted octanol–water partition coefficient (Wildman–Crippen LogP) is 1.81. The summed E-state index contributed by atoms with van der Waals surface area (Å²) in [5, 5.41) is 3.41. The summed E-state index contributed by atoms with van der Waals surface area (Å²) >= 11 is 0. The van der Waals surface area contributed by atoms with E-state index < -0.39 is 0 Å². The minimum absolute atomic E-state index is 0.198. The first-order valence-corrected chi connectivity index (χ1v) is 5.87. The quantitative estimate of drug-likeness (QED) is 0.779. The summed E-state index contributed by atoms with van der Waals surface area (Å²) in [6.45, 7) is 13.3. The van der Waals surface area contributed by atoms with Gasteiger partial charge in [0.1, 0.15) is 0 Å². The van der Waals surface area contributed by atoms with Gasteiger partial charge < -0.3 is 14.8 Å². The Labute approximate surface area is 93.5 Å². The van der Waals surface area contributed by atoms with Gasteiger partial charge in [-0.15, -0.1) is 0 Å². The lowest BCUT2D eigenvalue weighted by Gasteiger charge is -2.38. The van der Waals surface area contributed by atoms with Crippen molar-refractivity contribution in [3.05, 3.63) is 0 Å². The summed E-state index contributed by atoms with van der Waals surface area (Å²) < 4.78 is 11.6. The highest BCUT2D eigenvalue weighted by Gasteiger charge is 2.31. The Hall–Kier alpha value is -0.120. The monoisotopic (exact) mass is 215 g/mol. The van der Waals surface area contributed by atoms with Gasteiger partial charge in [0, 0.05) is 13.1 Å². The average Bonchev–Trinajstić information content (AvgIpc) is 2.14. The minimum Gasteiger partial charge on any atom is -0.376 e. The molecule has 0 aromatic rings. The van der Waals surface area contributed by atoms with E-state index in [1.54, 1.807) is 0 Å². The second-order valence-corrected chi connectivity index (χ2v) is 5.65. The molecule has 0 aromatic heterocycles. The molecule has 2 atom stereocenters. The van der Waals surface area contributed by atoms with E-state index in [2.05, 4.69) is 39.9 Å². The van der Waals surface area contributed by atoms with Gasteiger partial charge in [0.25, 0.3) is 0 Å². The van der Waals surface area contributed by atoms with Crippen LogP contribution in [-0.4, -0.2) is 38.0 Å². The van der Waals surface area contributed by atoms with Crippen molar-refractivity contribution in [3.8, 4) is 0 Å². The highest BCUT2D eigenvalue weighted by atomic mass is 16.5. The second kappa shape index (κ2) is 5.28. The van der Waals surface area contributed by atoms with E-state index in [-0.39, 0.29) is 23.7 Å². The van der Waals surface area contributed by atoms with Crippen LogP contribution in [0.3, 0.4) is 0 Å². The van der Waals surface area contributed by atoms with Crippen LogP contribution in [0.5, 0.6) is 0 Å². The van der Waals surface area contributed by atoms with E-state index in [1.165, 1.54) is 0 Å². The maximum atomic E-state index is 6.01. The highest BCUT2D eigenvalue weighted by molar-refractivity contribution is 4.82. The zero-order valence-corrected chi connectivity index (χ0v) is 10.7. The third-order valence-corrected chi connectivity index (χ3v) is 2.64. The van der Waals surface area contributed by atoms with E-state index in [0.29, 0.717) is 6.61 Å². The van der Waals surface area contributed by atoms with Crippen LogP contribution in [0.1, 0.15) is 34.6 Å². The maximum Gasteiger partial charge on any atom is 0.0937 e. The number of rotatable bonds is 3. The van der Waals surface area contributed by atoms with Gasteiger partial charge in [-0.25, -0.2) is 0 Å². The molecule has 1 rings (SSSR count). The van der Waals surface area contributed by atoms with Gasteiger partial charge >= 0.3 is 0 Å². The van der Waals surface area contributed by atoms with Gasteiger partial charge in [-0.05, 0) is 19.3 Å². The summed E-state index contributed by atoms with van der Waals surface area (Å²) in [6.07, 6.45) is 0.765. The number of hydrogen-bond donors (Lipinski definition) is 1. The first-order valence-electron chi connectivity index (χ1n) is 5.87. The normalized spacial score (nSPS) is 28.4. The molecule has 0 radical (unpaired) electrons. The van der Waals surface area contributed by atoms with Crippen LogP contribution >= 0.6 is 0 Å². The Morgan fingerprint density at radius 1 is 1.33 bits per heavy atom. The molecular formula is C12H25NO2. The van der Waals surface area contributed by atoms with Crippen molar-refractivity contribution in [1.29, 1.82) is 0 Å². The topological polar surface area (TPSA) is 30.5 Å². The Kier molecular flexibility index (Phi) is 4.56. The van der Waals surface area contributed by atoms with Gasteiger partial charge in [-0.2, -0.15) is 0 Å². The molecule has 3 heteroatoms. The molecular weight excluding hydrogens is 190 g/mol. The van der Waals surface area contributed by atoms with E-state index >= 15 is 0 Å². The fourth-order valence-corrected chi connectivity index (χ4v) is 1.61. The highest BCUT2D eigenvalue weighted by Crippen LogP contribution is 2.24. The fraction of sp³-hybridized carbons (Fsp3) is 1.00. The molecule has 0 saturated carbocycles. The van der Waals surface area contributed by atoms with E-state index in [4.69, 9.17) is 9.47 Å². The Morgan fingerprint density at radius 2 is 2.00 bits per heavy atom. The fourth-order valence-electron chi connectivity index (χ4n) is 1.61. The van der Waals surface area contributed by atoms with Crippen LogP contribution < -0.4 is 5.32 Å². The van der Waals surface area contributed by atoms with Gasteiger partial charge in [0.15, 0.2) is 0 Å². The van der Waals surface area contributed by atoms with Crippen molar-refractivity contribution >= 4 is 0 Å². The SMILES string of the molecule is CC(C)OC[C@@H]1CNC[C@@H](C(C)(C)C)O1. The molecule has 0 aromatic carbocycles. The summed E-state index contributed by atoms with van der Waals surface area (Å²) in [6, 6.07) is 0. The van der Waals surface area contributed by atoms with E-state index in [9.17, 15) is 0 Å². The molecule has 0 aliphatic carbocycles. The smallest absolute Gasteiger partial charge is 0.0937 e. The molecule has 15 heavy (non-hydrogen) atoms. The van der Waals surface area contributed by atoms with Gasteiger partial charge in [0.2, 0.25) is 0 Å². The molecule has 0 bridgehead atoms. The van der Waals surface area contributed by atoms with Gasteiger partial charge in [0.05, 0.1) is 24.9 Å². The van der Waals surface area contributed by atoms with E-state index in [0.717, 1.165) is 13.1 Å². The molecule has 1 aliphatic rings. The molecule has 1 aliphatic heterocycles. The molecule has 90 valence electrons. The van der Waals surface area contributed by atoms with Crippen LogP contribution in [0.25, 0.3) is 0 Å². The summed E-state index contributed by atoms with van der Waals surface area (Å²) in [5.41, 5.74) is 0.198. The first kappa shape index (κ1) is 12.9. The molecule has 1 N–H and O–H groups in total. The van der Waals surface area contributed by atoms with Crippen molar-refractivity contribution < 1.29 is 9.47 Å². The summed E-state index contributed by atoms with van der Waals surface area (Å²) in [5.74, 6) is 0. The Bertz CT molecular complexity index is 187. The number of morpholine rings is 1. The first-order chi connectivity index (χ1) is 6.89. The lowest BCUT2D eigenvalue weighted by atomic mass is 9.88. The van der Waals surface area contributed by atoms with Crippen molar-refractivity contribution in [2.24, 2.45) is 5.41 Å². The lowest BCUT2D eigenvalue weighted by Crippen LogP contribution is -2.51. The molecule has 1 fully saturated rings. The molecule has 1 heterocycles. The number of nitrogens with one attached hydrogen (secondary N) is 1. The number of ether oxygens (including phenoxy) is 2. The number of hydrogen-bond acceptors (Lipinski definition) is 3. The molecule has 0 spiro atoms. The minimum atomic E-state index is 0.198. The molecule has 0 unspecified atom stereocenters. The standard InChI is InChI=1S/C12H25NO2/c1-9(2)14-8-10-6-13-7-11(15-10)12(3,4)5/h9-11,13H,6-8H2,1-5H3/t10-,11-/m0/s1. The largest absolute Gasteiger partial charge is 0.376 e. The third kappa shape index (κ3) is 4.49. The van der Waals surface area contributed by atoms with Crippen LogP contribution in [0.2, 0.25) is 0 Å². The third-order valence-electron chi connectivity index (χ3n) is 2.64. The van der Waals surface area contributed by atoms with Crippen molar-refractivity contribution in [3.63, 3.8) is 0 Å². The zero-order chi connectivity index (χ0) is 11.5. The van der Waals surface area contributed by atoms with Crippen molar-refractivity contribution in [1.82, 2.24) is 5.32 Å². The van der Waals surface area contributed by atoms with Crippen LogP contribution in [-0.2, 0) is 9.47 Å².